The Morgan fingerprint density at radius 3 is 0.763 bits per heavy atom. The molecular weight excluding hydrogens is 1550 g/mol. The van der Waals surface area contributed by atoms with Crippen molar-refractivity contribution in [3.05, 3.63) is 24.7 Å². The first-order chi connectivity index (χ1) is 53.4. The third-order valence-electron chi connectivity index (χ3n) is 12.9. The highest BCUT2D eigenvalue weighted by Gasteiger charge is 2.27. The van der Waals surface area contributed by atoms with Crippen molar-refractivity contribution in [1.29, 1.82) is 0 Å². The van der Waals surface area contributed by atoms with Gasteiger partial charge in [0, 0.05) is 12.8 Å². The van der Waals surface area contributed by atoms with E-state index in [1.807, 2.05) is 0 Å². The molecule has 662 valence electrons. The van der Waals surface area contributed by atoms with E-state index in [-0.39, 0.29) is 141 Å². The summed E-state index contributed by atoms with van der Waals surface area (Å²) in [6.07, 6.45) is -10.1. The summed E-state index contributed by atoms with van der Waals surface area (Å²) in [4.78, 5) is 165. The maximum Gasteiger partial charge on any atom is 0.345 e. The van der Waals surface area contributed by atoms with E-state index in [4.69, 9.17) is 132 Å². The van der Waals surface area contributed by atoms with Gasteiger partial charge in [-0.25, -0.2) is 4.79 Å². The third kappa shape index (κ3) is 75.4. The van der Waals surface area contributed by atoms with Crippen LogP contribution in [-0.4, -0.2) is 355 Å². The molecule has 10 atom stereocenters. The molecule has 0 saturated carbocycles. The summed E-state index contributed by atoms with van der Waals surface area (Å²) >= 11 is 0. The number of carboxylic acids is 4. The molecule has 0 bridgehead atoms. The van der Waals surface area contributed by atoms with Gasteiger partial charge in [0.15, 0.2) is 0 Å². The summed E-state index contributed by atoms with van der Waals surface area (Å²) < 4.78 is 56.5. The number of aliphatic hydroxyl groups is 13. The molecule has 114 heavy (non-hydrogen) atoms. The number of aliphatic carboxylic acids is 4. The number of carboxylic acid groups (broad SMARTS) is 4. The smallest absolute Gasteiger partial charge is 0.345 e. The summed E-state index contributed by atoms with van der Waals surface area (Å²) in [5.41, 5.74) is 15.7. The minimum absolute atomic E-state index is 0.0285. The molecule has 0 radical (unpaired) electrons. The van der Waals surface area contributed by atoms with Gasteiger partial charge in [0.05, 0.1) is 153 Å². The van der Waals surface area contributed by atoms with Crippen LogP contribution in [0.3, 0.4) is 0 Å². The summed E-state index contributed by atoms with van der Waals surface area (Å²) in [5, 5.41) is 148. The second-order valence-electron chi connectivity index (χ2n) is 23.1. The first-order valence-corrected chi connectivity index (χ1v) is 34.7. The van der Waals surface area contributed by atoms with Gasteiger partial charge in [-0.2, -0.15) is 0 Å². The number of hydrogen-bond acceptors (Lipinski definition) is 43. The fraction of sp³-hybridized carbons (Fsp3) is 0.716. The number of Topliss-reactive ketones (excluding diaryl/α,β-unsaturated/α-hetero) is 1. The fourth-order valence-corrected chi connectivity index (χ4v) is 5.88. The average Bonchev–Trinajstić information content (AvgIpc) is 0.927. The first-order valence-electron chi connectivity index (χ1n) is 34.7. The molecule has 0 rings (SSSR count). The van der Waals surface area contributed by atoms with Crippen molar-refractivity contribution in [3.8, 4) is 0 Å². The third-order valence-corrected chi connectivity index (χ3v) is 12.9. The summed E-state index contributed by atoms with van der Waals surface area (Å²) in [5.74, 6) is -12.3. The summed E-state index contributed by atoms with van der Waals surface area (Å²) in [6.45, 7) is 7.99. The van der Waals surface area contributed by atoms with E-state index in [2.05, 4.69) is 41.6 Å². The van der Waals surface area contributed by atoms with E-state index in [1.54, 1.807) is 20.8 Å². The van der Waals surface area contributed by atoms with Crippen LogP contribution < -0.4 is 17.2 Å². The van der Waals surface area contributed by atoms with Gasteiger partial charge in [0.25, 0.3) is 0 Å². The number of ether oxygens (including phenoxy) is 12. The average molecular weight is 1670 g/mol. The largest absolute Gasteiger partial charge is 0.496 e. The lowest BCUT2D eigenvalue weighted by atomic mass is 10.2. The molecule has 0 aromatic heterocycles. The Kier molecular flexibility index (Phi) is 74.9. The Balaban J connectivity index is -0.000000307. The zero-order valence-corrected chi connectivity index (χ0v) is 63.8. The Morgan fingerprint density at radius 1 is 0.289 bits per heavy atom. The van der Waals surface area contributed by atoms with Gasteiger partial charge in [-0.3, -0.25) is 67.1 Å². The van der Waals surface area contributed by atoms with E-state index < -0.39 is 222 Å². The number of nitrogens with two attached hydrogens (primary N) is 3. The number of allylic oxidation sites excluding steroid dienone is 2. The molecule has 0 spiro atoms. The van der Waals surface area contributed by atoms with Crippen molar-refractivity contribution < 1.29 is 216 Å². The zero-order valence-electron chi connectivity index (χ0n) is 63.8. The molecule has 0 aromatic carbocycles. The number of aliphatic hydroxyl groups excluding tert-OH is 13. The topological polar surface area (TPSA) is 789 Å². The van der Waals surface area contributed by atoms with Crippen LogP contribution in [0, 0.1) is 0 Å². The van der Waals surface area contributed by atoms with Gasteiger partial charge >= 0.3 is 83.6 Å². The lowest BCUT2D eigenvalue weighted by Gasteiger charge is -2.14. The highest BCUT2D eigenvalue weighted by Crippen LogP contribution is 2.11. The van der Waals surface area contributed by atoms with Crippen molar-refractivity contribution in [1.82, 2.24) is 0 Å². The van der Waals surface area contributed by atoms with Crippen molar-refractivity contribution in [2.24, 2.45) is 17.2 Å². The molecule has 6 unspecified atom stereocenters. The minimum atomic E-state index is -1.83. The highest BCUT2D eigenvalue weighted by atomic mass is 16.6. The monoisotopic (exact) mass is 1670 g/mol. The molecule has 0 heterocycles. The fourth-order valence-electron chi connectivity index (χ4n) is 5.88. The molecular formula is C67H115N3O44. The van der Waals surface area contributed by atoms with Crippen molar-refractivity contribution >= 4 is 89.4 Å². The Morgan fingerprint density at radius 2 is 0.526 bits per heavy atom. The molecule has 0 aliphatic carbocycles. The molecule has 0 aromatic rings. The Hall–Kier alpha value is -9.31. The maximum absolute atomic E-state index is 11.3. The first kappa shape index (κ1) is 116. The maximum atomic E-state index is 11.3. The van der Waals surface area contributed by atoms with Gasteiger partial charge in [-0.1, -0.05) is 33.9 Å². The number of carbonyl (C=O) groups is 15. The molecule has 0 aliphatic rings. The molecule has 0 amide bonds. The Labute approximate surface area is 654 Å². The van der Waals surface area contributed by atoms with Crippen molar-refractivity contribution in [2.75, 3.05) is 106 Å². The van der Waals surface area contributed by atoms with Gasteiger partial charge in [0.1, 0.15) is 107 Å². The van der Waals surface area contributed by atoms with Crippen LogP contribution >= 0.6 is 0 Å². The summed E-state index contributed by atoms with van der Waals surface area (Å²) in [6, 6.07) is -3.26. The number of esters is 10. The van der Waals surface area contributed by atoms with Crippen LogP contribution in [0.15, 0.2) is 24.7 Å². The van der Waals surface area contributed by atoms with Crippen LogP contribution in [0.1, 0.15) is 130 Å². The number of carbonyl (C=O) groups excluding carboxylic acids is 11. The second-order valence-corrected chi connectivity index (χ2v) is 23.1. The quantitative estimate of drug-likeness (QED) is 0.0153. The minimum Gasteiger partial charge on any atom is -0.496 e. The van der Waals surface area contributed by atoms with E-state index >= 15 is 0 Å². The predicted octanol–water partition coefficient (Wildman–Crippen LogP) is -7.16. The van der Waals surface area contributed by atoms with Gasteiger partial charge in [-0.05, 0) is 26.2 Å². The van der Waals surface area contributed by atoms with Crippen LogP contribution in [0.4, 0.5) is 0 Å². The SMILES string of the molecule is C=C(CCC(=O)OC(CO)CO)OC[C@H](N)C(=O)O.C=C(CCC(=O)OCC(O)CO)OC[C@H](N)C(=O)O.CC(=O)[C@@H](N)COC(=O)CCC(=O)O[C@@H](CC(=O)O)C(=O)O.CCC(CO)OC(=O)CCC(=O)OC(CO)CO.CCC(O)COC(=O)CCC(=O)OCC(O)CO.CCC(O)COC(=O)CCC(=O)OCC(O)CO. The number of ketones is 1. The second kappa shape index (κ2) is 73.8. The lowest BCUT2D eigenvalue weighted by molar-refractivity contribution is -0.168. The molecule has 47 nitrogen and oxygen atoms in total. The van der Waals surface area contributed by atoms with Gasteiger partial charge in [-0.15, -0.1) is 0 Å². The van der Waals surface area contributed by atoms with Crippen LogP contribution in [0.25, 0.3) is 0 Å². The van der Waals surface area contributed by atoms with Crippen LogP contribution in [0.5, 0.6) is 0 Å². The van der Waals surface area contributed by atoms with E-state index in [0.717, 1.165) is 0 Å². The lowest BCUT2D eigenvalue weighted by Crippen LogP contribution is -2.34. The Bertz CT molecular complexity index is 2650. The predicted molar refractivity (Wildman–Crippen MR) is 378 cm³/mol. The zero-order chi connectivity index (χ0) is 88.9. The molecule has 0 fully saturated rings. The normalized spacial score (nSPS) is 13.0. The van der Waals surface area contributed by atoms with Crippen LogP contribution in [0.2, 0.25) is 0 Å². The van der Waals surface area contributed by atoms with E-state index in [1.165, 1.54) is 6.92 Å². The van der Waals surface area contributed by atoms with Crippen LogP contribution in [-0.2, 0) is 129 Å². The molecule has 0 aliphatic heterocycles. The highest BCUT2D eigenvalue weighted by molar-refractivity contribution is 5.85. The van der Waals surface area contributed by atoms with Gasteiger partial charge in [0.2, 0.25) is 6.10 Å². The standard InChI is InChI=1S/C12H17NO9.2C11H19NO7.3C11H20O7/c1-6(14)7(13)5-21-10(17)2-3-11(18)22-8(12(19)20)4-9(15)16;1-7(18-6-9(12)11(16)17)2-3-10(15)19-5-8(14)4-13;1-7(18-6-9(12)11(16)17)2-3-10(15)19-8(4-13)5-14;2*1-2-8(13)6-17-10(15)3-4-11(16)18-7-9(14)5-12;1-2-8(5-12)17-10(15)3-4-11(16)18-9(6-13)7-14/h7-8H,2-5,13H2,1H3,(H,15,16)(H,19,20);2*8-9,13-14H,1-6,12H2,(H,16,17);3*8-9,12-14H,2-7H2,1H3/t7-,8-;8?,9-;9-;;;/m000.../s1. The van der Waals surface area contributed by atoms with E-state index in [9.17, 15) is 71.9 Å². The molecule has 0 saturated heterocycles. The van der Waals surface area contributed by atoms with E-state index in [0.29, 0.717) is 19.3 Å². The van der Waals surface area contributed by atoms with Crippen molar-refractivity contribution in [3.63, 3.8) is 0 Å². The summed E-state index contributed by atoms with van der Waals surface area (Å²) in [7, 11) is 0. The molecule has 23 N–H and O–H groups in total. The van der Waals surface area contributed by atoms with Crippen molar-refractivity contribution in [2.45, 2.75) is 203 Å². The molecule has 47 heteroatoms. The number of rotatable bonds is 57. The number of hydrogen-bond donors (Lipinski definition) is 20. The van der Waals surface area contributed by atoms with Gasteiger partial charge < -0.3 is 161 Å².